The van der Waals surface area contributed by atoms with Gasteiger partial charge < -0.3 is 4.57 Å². The van der Waals surface area contributed by atoms with Gasteiger partial charge in [-0.05, 0) is 25.1 Å². The van der Waals surface area contributed by atoms with Gasteiger partial charge >= 0.3 is 0 Å². The van der Waals surface area contributed by atoms with Crippen LogP contribution in [-0.4, -0.2) is 19.3 Å². The number of benzene rings is 1. The molecule has 0 bridgehead atoms. The third-order valence-corrected chi connectivity index (χ3v) is 4.05. The Labute approximate surface area is 126 Å². The lowest BCUT2D eigenvalue weighted by Gasteiger charge is -2.07. The standard InChI is InChI=1S/C14H14Cl2N4/c1-9-10(7-17-19(9)2)8-20-13-4-3-11(16)5-12(13)18-14(20)6-15/h3-5,7H,6,8H2,1-2H3. The molecule has 104 valence electrons. The van der Waals surface area contributed by atoms with Crippen molar-refractivity contribution >= 4 is 34.2 Å². The zero-order chi connectivity index (χ0) is 14.3. The van der Waals surface area contributed by atoms with Crippen molar-refractivity contribution < 1.29 is 0 Å². The monoisotopic (exact) mass is 308 g/mol. The number of imidazole rings is 1. The average Bonchev–Trinajstić information content (AvgIpc) is 2.93. The second kappa shape index (κ2) is 5.11. The van der Waals surface area contributed by atoms with Gasteiger partial charge in [0.2, 0.25) is 0 Å². The van der Waals surface area contributed by atoms with E-state index in [1.165, 1.54) is 0 Å². The number of nitrogens with zero attached hydrogens (tertiary/aromatic N) is 4. The summed E-state index contributed by atoms with van der Waals surface area (Å²) in [4.78, 5) is 4.54. The average molecular weight is 309 g/mol. The van der Waals surface area contributed by atoms with Crippen LogP contribution in [0.2, 0.25) is 5.02 Å². The van der Waals surface area contributed by atoms with Gasteiger partial charge in [-0.25, -0.2) is 4.98 Å². The van der Waals surface area contributed by atoms with Gasteiger partial charge in [-0.3, -0.25) is 4.68 Å². The molecule has 2 heterocycles. The van der Waals surface area contributed by atoms with Crippen LogP contribution in [0, 0.1) is 6.92 Å². The maximum absolute atomic E-state index is 6.02. The Morgan fingerprint density at radius 2 is 2.10 bits per heavy atom. The zero-order valence-electron chi connectivity index (χ0n) is 11.3. The fraction of sp³-hybridized carbons (Fsp3) is 0.286. The molecule has 1 aromatic carbocycles. The minimum absolute atomic E-state index is 0.367. The van der Waals surface area contributed by atoms with Gasteiger partial charge in [0.05, 0.1) is 29.7 Å². The smallest absolute Gasteiger partial charge is 0.125 e. The summed E-state index contributed by atoms with van der Waals surface area (Å²) >= 11 is 12.0. The largest absolute Gasteiger partial charge is 0.322 e. The van der Waals surface area contributed by atoms with Crippen LogP contribution in [-0.2, 0) is 19.5 Å². The molecule has 2 aromatic heterocycles. The fourth-order valence-corrected chi connectivity index (χ4v) is 2.67. The van der Waals surface area contributed by atoms with Crippen LogP contribution >= 0.6 is 23.2 Å². The quantitative estimate of drug-likeness (QED) is 0.694. The second-order valence-electron chi connectivity index (χ2n) is 4.76. The first-order valence-corrected chi connectivity index (χ1v) is 7.19. The highest BCUT2D eigenvalue weighted by molar-refractivity contribution is 6.31. The van der Waals surface area contributed by atoms with Gasteiger partial charge in [-0.15, -0.1) is 11.6 Å². The molecule has 0 N–H and O–H groups in total. The van der Waals surface area contributed by atoms with Crippen LogP contribution in [0.1, 0.15) is 17.1 Å². The second-order valence-corrected chi connectivity index (χ2v) is 5.46. The summed E-state index contributed by atoms with van der Waals surface area (Å²) in [6, 6.07) is 5.71. The van der Waals surface area contributed by atoms with Crippen molar-refractivity contribution in [1.29, 1.82) is 0 Å². The molecule has 0 aliphatic heterocycles. The van der Waals surface area contributed by atoms with Crippen molar-refractivity contribution in [1.82, 2.24) is 19.3 Å². The van der Waals surface area contributed by atoms with Crippen LogP contribution in [0.4, 0.5) is 0 Å². The van der Waals surface area contributed by atoms with E-state index in [1.54, 1.807) is 0 Å². The molecule has 0 saturated carbocycles. The Morgan fingerprint density at radius 3 is 2.75 bits per heavy atom. The summed E-state index contributed by atoms with van der Waals surface area (Å²) in [5.74, 6) is 1.21. The van der Waals surface area contributed by atoms with Crippen molar-refractivity contribution in [3.05, 3.63) is 46.5 Å². The highest BCUT2D eigenvalue weighted by Crippen LogP contribution is 2.23. The first-order chi connectivity index (χ1) is 9.60. The van der Waals surface area contributed by atoms with Crippen molar-refractivity contribution in [3.63, 3.8) is 0 Å². The van der Waals surface area contributed by atoms with E-state index in [2.05, 4.69) is 21.6 Å². The molecule has 0 saturated heterocycles. The predicted octanol–water partition coefficient (Wildman–Crippen LogP) is 3.52. The summed E-state index contributed by atoms with van der Waals surface area (Å²) in [6.45, 7) is 2.76. The first-order valence-electron chi connectivity index (χ1n) is 6.28. The molecule has 6 heteroatoms. The third-order valence-electron chi connectivity index (χ3n) is 3.57. The normalized spacial score (nSPS) is 11.4. The number of rotatable bonds is 3. The minimum atomic E-state index is 0.367. The zero-order valence-corrected chi connectivity index (χ0v) is 12.8. The Hall–Kier alpha value is -1.52. The van der Waals surface area contributed by atoms with E-state index in [-0.39, 0.29) is 0 Å². The van der Waals surface area contributed by atoms with Gasteiger partial charge in [0.15, 0.2) is 0 Å². The molecule has 0 spiro atoms. The van der Waals surface area contributed by atoms with Crippen LogP contribution in [0.15, 0.2) is 24.4 Å². The van der Waals surface area contributed by atoms with E-state index in [0.717, 1.165) is 28.1 Å². The Balaban J connectivity index is 2.12. The molecule has 4 nitrogen and oxygen atoms in total. The van der Waals surface area contributed by atoms with Crippen molar-refractivity contribution in [2.24, 2.45) is 7.05 Å². The fourth-order valence-electron chi connectivity index (χ4n) is 2.30. The van der Waals surface area contributed by atoms with E-state index >= 15 is 0 Å². The summed E-state index contributed by atoms with van der Waals surface area (Å²) < 4.78 is 3.98. The summed E-state index contributed by atoms with van der Waals surface area (Å²) in [7, 11) is 1.94. The number of halogens is 2. The number of hydrogen-bond acceptors (Lipinski definition) is 2. The molecular weight excluding hydrogens is 295 g/mol. The van der Waals surface area contributed by atoms with Crippen molar-refractivity contribution in [2.45, 2.75) is 19.3 Å². The highest BCUT2D eigenvalue weighted by Gasteiger charge is 2.13. The van der Waals surface area contributed by atoms with E-state index in [9.17, 15) is 0 Å². The maximum atomic E-state index is 6.02. The van der Waals surface area contributed by atoms with E-state index in [0.29, 0.717) is 17.4 Å². The Kier molecular flexibility index (Phi) is 3.44. The number of aromatic nitrogens is 4. The molecule has 0 fully saturated rings. The van der Waals surface area contributed by atoms with Gasteiger partial charge in [0.25, 0.3) is 0 Å². The minimum Gasteiger partial charge on any atom is -0.322 e. The molecular formula is C14H14Cl2N4. The van der Waals surface area contributed by atoms with Gasteiger partial charge in [-0.2, -0.15) is 5.10 Å². The van der Waals surface area contributed by atoms with Crippen LogP contribution in [0.5, 0.6) is 0 Å². The summed E-state index contributed by atoms with van der Waals surface area (Å²) in [6.07, 6.45) is 1.88. The molecule has 20 heavy (non-hydrogen) atoms. The van der Waals surface area contributed by atoms with Crippen LogP contribution < -0.4 is 0 Å². The summed E-state index contributed by atoms with van der Waals surface area (Å²) in [5, 5.41) is 4.96. The lowest BCUT2D eigenvalue weighted by molar-refractivity contribution is 0.729. The number of aryl methyl sites for hydroxylation is 1. The van der Waals surface area contributed by atoms with E-state index in [4.69, 9.17) is 23.2 Å². The van der Waals surface area contributed by atoms with Gasteiger partial charge in [0.1, 0.15) is 5.82 Å². The van der Waals surface area contributed by atoms with E-state index in [1.807, 2.05) is 36.1 Å². The molecule has 3 rings (SSSR count). The van der Waals surface area contributed by atoms with Crippen molar-refractivity contribution in [2.75, 3.05) is 0 Å². The van der Waals surface area contributed by atoms with Crippen LogP contribution in [0.25, 0.3) is 11.0 Å². The number of alkyl halides is 1. The molecule has 0 radical (unpaired) electrons. The third kappa shape index (κ3) is 2.19. The first kappa shape index (κ1) is 13.5. The molecule has 0 atom stereocenters. The predicted molar refractivity (Wildman–Crippen MR) is 81.3 cm³/mol. The van der Waals surface area contributed by atoms with Crippen molar-refractivity contribution in [3.8, 4) is 0 Å². The van der Waals surface area contributed by atoms with Crippen LogP contribution in [0.3, 0.4) is 0 Å². The van der Waals surface area contributed by atoms with Gasteiger partial charge in [-0.1, -0.05) is 11.6 Å². The number of fused-ring (bicyclic) bond motifs is 1. The highest BCUT2D eigenvalue weighted by atomic mass is 35.5. The molecule has 0 unspecified atom stereocenters. The Bertz CT molecular complexity index is 773. The Morgan fingerprint density at radius 1 is 1.30 bits per heavy atom. The molecule has 0 aliphatic carbocycles. The van der Waals surface area contributed by atoms with E-state index < -0.39 is 0 Å². The molecule has 0 amide bonds. The SMILES string of the molecule is Cc1c(Cn2c(CCl)nc3cc(Cl)ccc32)cnn1C. The van der Waals surface area contributed by atoms with Gasteiger partial charge in [0, 0.05) is 23.3 Å². The summed E-state index contributed by atoms with van der Waals surface area (Å²) in [5.41, 5.74) is 4.21. The topological polar surface area (TPSA) is 35.6 Å². The number of hydrogen-bond donors (Lipinski definition) is 0. The lowest BCUT2D eigenvalue weighted by atomic mass is 10.2. The molecule has 3 aromatic rings. The molecule has 0 aliphatic rings. The maximum Gasteiger partial charge on any atom is 0.125 e. The lowest BCUT2D eigenvalue weighted by Crippen LogP contribution is -2.05.